The number of hydrogen-bond acceptors (Lipinski definition) is 4. The lowest BCUT2D eigenvalue weighted by Crippen LogP contribution is -2.34. The van der Waals surface area contributed by atoms with Gasteiger partial charge in [-0.3, -0.25) is 16.3 Å². The standard InChI is InChI=1S/C16H19N3O/c1-11-8-12(10-18-9-11)16(19-17)14-6-7-20-15-5-3-2-4-13(14)15/h2-5,8-10,14,16,19H,6-7,17H2,1H3. The fourth-order valence-corrected chi connectivity index (χ4v) is 2.91. The van der Waals surface area contributed by atoms with Gasteiger partial charge in [0.05, 0.1) is 12.6 Å². The van der Waals surface area contributed by atoms with Gasteiger partial charge in [0.15, 0.2) is 0 Å². The lowest BCUT2D eigenvalue weighted by molar-refractivity contribution is 0.246. The minimum atomic E-state index is 0.0486. The maximum atomic E-state index is 5.82. The second-order valence-electron chi connectivity index (χ2n) is 5.22. The van der Waals surface area contributed by atoms with Gasteiger partial charge in [0.25, 0.3) is 0 Å². The molecule has 0 bridgehead atoms. The first kappa shape index (κ1) is 13.1. The van der Waals surface area contributed by atoms with Crippen molar-refractivity contribution in [3.63, 3.8) is 0 Å². The predicted molar refractivity (Wildman–Crippen MR) is 78.3 cm³/mol. The molecule has 2 aromatic rings. The van der Waals surface area contributed by atoms with Crippen LogP contribution in [0.3, 0.4) is 0 Å². The normalized spacial score (nSPS) is 19.0. The van der Waals surface area contributed by atoms with Crippen LogP contribution in [0.25, 0.3) is 0 Å². The molecule has 0 saturated heterocycles. The van der Waals surface area contributed by atoms with Gasteiger partial charge in [-0.25, -0.2) is 0 Å². The van der Waals surface area contributed by atoms with Gasteiger partial charge in [-0.2, -0.15) is 0 Å². The van der Waals surface area contributed by atoms with Crippen LogP contribution in [0.2, 0.25) is 0 Å². The van der Waals surface area contributed by atoms with Crippen molar-refractivity contribution < 1.29 is 4.74 Å². The summed E-state index contributed by atoms with van der Waals surface area (Å²) >= 11 is 0. The zero-order valence-electron chi connectivity index (χ0n) is 11.5. The Morgan fingerprint density at radius 2 is 2.20 bits per heavy atom. The highest BCUT2D eigenvalue weighted by Crippen LogP contribution is 2.40. The zero-order valence-corrected chi connectivity index (χ0v) is 11.5. The molecule has 2 unspecified atom stereocenters. The van der Waals surface area contributed by atoms with Gasteiger partial charge in [0.1, 0.15) is 5.75 Å². The average Bonchev–Trinajstić information content (AvgIpc) is 2.48. The van der Waals surface area contributed by atoms with Crippen molar-refractivity contribution in [2.45, 2.75) is 25.3 Å². The van der Waals surface area contributed by atoms with Crippen molar-refractivity contribution in [3.05, 3.63) is 59.4 Å². The molecule has 104 valence electrons. The Bertz CT molecular complexity index is 600. The van der Waals surface area contributed by atoms with E-state index in [1.54, 1.807) is 0 Å². The van der Waals surface area contributed by atoms with Crippen LogP contribution in [0.5, 0.6) is 5.75 Å². The van der Waals surface area contributed by atoms with Gasteiger partial charge in [0.2, 0.25) is 0 Å². The number of aromatic nitrogens is 1. The van der Waals surface area contributed by atoms with E-state index in [1.807, 2.05) is 37.5 Å². The van der Waals surface area contributed by atoms with Crippen molar-refractivity contribution >= 4 is 0 Å². The monoisotopic (exact) mass is 269 g/mol. The molecule has 20 heavy (non-hydrogen) atoms. The number of fused-ring (bicyclic) bond motifs is 1. The van der Waals surface area contributed by atoms with Crippen LogP contribution in [-0.2, 0) is 0 Å². The lowest BCUT2D eigenvalue weighted by atomic mass is 9.84. The maximum Gasteiger partial charge on any atom is 0.122 e. The van der Waals surface area contributed by atoms with Crippen LogP contribution in [0.4, 0.5) is 0 Å². The van der Waals surface area contributed by atoms with E-state index in [1.165, 1.54) is 5.56 Å². The number of benzene rings is 1. The first-order valence-corrected chi connectivity index (χ1v) is 6.89. The SMILES string of the molecule is Cc1cncc(C(NN)C2CCOc3ccccc32)c1. The summed E-state index contributed by atoms with van der Waals surface area (Å²) in [7, 11) is 0. The Balaban J connectivity index is 1.99. The molecule has 1 aliphatic rings. The molecule has 0 radical (unpaired) electrons. The molecule has 2 heterocycles. The van der Waals surface area contributed by atoms with Crippen LogP contribution in [0, 0.1) is 6.92 Å². The molecule has 0 aliphatic carbocycles. The lowest BCUT2D eigenvalue weighted by Gasteiger charge is -2.32. The molecule has 0 fully saturated rings. The van der Waals surface area contributed by atoms with Gasteiger partial charge in [0, 0.05) is 18.3 Å². The van der Waals surface area contributed by atoms with Crippen LogP contribution >= 0.6 is 0 Å². The molecule has 4 heteroatoms. The van der Waals surface area contributed by atoms with Crippen molar-refractivity contribution in [2.75, 3.05) is 6.61 Å². The molecular weight excluding hydrogens is 250 g/mol. The Hall–Kier alpha value is -1.91. The van der Waals surface area contributed by atoms with E-state index in [0.717, 1.165) is 29.9 Å². The smallest absolute Gasteiger partial charge is 0.122 e. The molecule has 1 aromatic carbocycles. The summed E-state index contributed by atoms with van der Waals surface area (Å²) in [5.41, 5.74) is 6.43. The summed E-state index contributed by atoms with van der Waals surface area (Å²) in [6.45, 7) is 2.76. The highest BCUT2D eigenvalue weighted by Gasteiger charge is 2.29. The van der Waals surface area contributed by atoms with Gasteiger partial charge in [-0.1, -0.05) is 24.3 Å². The highest BCUT2D eigenvalue weighted by molar-refractivity contribution is 5.40. The van der Waals surface area contributed by atoms with Gasteiger partial charge in [-0.05, 0) is 36.1 Å². The number of ether oxygens (including phenoxy) is 1. The number of nitrogens with two attached hydrogens (primary N) is 1. The minimum absolute atomic E-state index is 0.0486. The van der Waals surface area contributed by atoms with E-state index < -0.39 is 0 Å². The third-order valence-electron chi connectivity index (χ3n) is 3.84. The van der Waals surface area contributed by atoms with Crippen molar-refractivity contribution in [1.29, 1.82) is 0 Å². The van der Waals surface area contributed by atoms with E-state index in [0.29, 0.717) is 5.92 Å². The Morgan fingerprint density at radius 3 is 3.00 bits per heavy atom. The summed E-state index contributed by atoms with van der Waals surface area (Å²) < 4.78 is 5.72. The zero-order chi connectivity index (χ0) is 13.9. The third kappa shape index (κ3) is 2.40. The summed E-state index contributed by atoms with van der Waals surface area (Å²) in [4.78, 5) is 4.28. The van der Waals surface area contributed by atoms with E-state index in [2.05, 4.69) is 22.5 Å². The number of hydrazine groups is 1. The molecule has 0 spiro atoms. The number of para-hydroxylation sites is 1. The van der Waals surface area contributed by atoms with Crippen molar-refractivity contribution in [3.8, 4) is 5.75 Å². The largest absolute Gasteiger partial charge is 0.493 e. The van der Waals surface area contributed by atoms with Crippen LogP contribution < -0.4 is 16.0 Å². The summed E-state index contributed by atoms with van der Waals surface area (Å²) in [5.74, 6) is 7.09. The summed E-state index contributed by atoms with van der Waals surface area (Å²) in [6.07, 6.45) is 4.68. The molecule has 2 atom stereocenters. The Morgan fingerprint density at radius 1 is 1.35 bits per heavy atom. The van der Waals surface area contributed by atoms with Crippen LogP contribution in [0.15, 0.2) is 42.7 Å². The molecule has 0 amide bonds. The number of nitrogens with zero attached hydrogens (tertiary/aromatic N) is 1. The molecule has 0 saturated carbocycles. The van der Waals surface area contributed by atoms with Crippen molar-refractivity contribution in [2.24, 2.45) is 5.84 Å². The number of pyridine rings is 1. The van der Waals surface area contributed by atoms with E-state index in [9.17, 15) is 0 Å². The van der Waals surface area contributed by atoms with E-state index in [-0.39, 0.29) is 6.04 Å². The fourth-order valence-electron chi connectivity index (χ4n) is 2.91. The minimum Gasteiger partial charge on any atom is -0.493 e. The number of rotatable bonds is 3. The molecule has 3 N–H and O–H groups in total. The molecule has 3 rings (SSSR count). The van der Waals surface area contributed by atoms with Crippen LogP contribution in [0.1, 0.15) is 35.1 Å². The first-order chi connectivity index (χ1) is 9.79. The quantitative estimate of drug-likeness (QED) is 0.664. The van der Waals surface area contributed by atoms with Gasteiger partial charge in [-0.15, -0.1) is 0 Å². The Kier molecular flexibility index (Phi) is 3.67. The fraction of sp³-hybridized carbons (Fsp3) is 0.312. The maximum absolute atomic E-state index is 5.82. The first-order valence-electron chi connectivity index (χ1n) is 6.89. The van der Waals surface area contributed by atoms with Gasteiger partial charge < -0.3 is 4.74 Å². The van der Waals surface area contributed by atoms with E-state index in [4.69, 9.17) is 10.6 Å². The second-order valence-corrected chi connectivity index (χ2v) is 5.22. The molecule has 1 aromatic heterocycles. The number of aryl methyl sites for hydroxylation is 1. The molecule has 4 nitrogen and oxygen atoms in total. The number of hydrogen-bond donors (Lipinski definition) is 2. The molecule has 1 aliphatic heterocycles. The van der Waals surface area contributed by atoms with E-state index >= 15 is 0 Å². The number of nitrogens with one attached hydrogen (secondary N) is 1. The third-order valence-corrected chi connectivity index (χ3v) is 3.84. The van der Waals surface area contributed by atoms with Crippen LogP contribution in [-0.4, -0.2) is 11.6 Å². The van der Waals surface area contributed by atoms with Crippen molar-refractivity contribution in [1.82, 2.24) is 10.4 Å². The summed E-state index contributed by atoms with van der Waals surface area (Å²) in [6, 6.07) is 10.4. The Labute approximate surface area is 119 Å². The average molecular weight is 269 g/mol. The van der Waals surface area contributed by atoms with Gasteiger partial charge >= 0.3 is 0 Å². The summed E-state index contributed by atoms with van der Waals surface area (Å²) in [5, 5.41) is 0. The predicted octanol–water partition coefficient (Wildman–Crippen LogP) is 2.46. The second kappa shape index (κ2) is 5.61. The topological polar surface area (TPSA) is 60.2 Å². The molecular formula is C16H19N3O. The highest BCUT2D eigenvalue weighted by atomic mass is 16.5.